The Balaban J connectivity index is 1.80. The summed E-state index contributed by atoms with van der Waals surface area (Å²) in [7, 11) is -3.60. The molecular weight excluding hydrogens is 366 g/mol. The lowest BCUT2D eigenvalue weighted by molar-refractivity contribution is 0.102. The summed E-state index contributed by atoms with van der Waals surface area (Å²) in [4.78, 5) is 16.9. The Morgan fingerprint density at radius 3 is 2.44 bits per heavy atom. The van der Waals surface area contributed by atoms with E-state index in [0.29, 0.717) is 17.1 Å². The molecule has 3 rings (SSSR count). The molecule has 2 aromatic heterocycles. The smallest absolute Gasteiger partial charge is 0.255 e. The van der Waals surface area contributed by atoms with Crippen LogP contribution in [-0.2, 0) is 10.0 Å². The first-order chi connectivity index (χ1) is 12.9. The van der Waals surface area contributed by atoms with Gasteiger partial charge in [0.25, 0.3) is 5.91 Å². The Hall–Kier alpha value is -3.04. The number of aromatic nitrogens is 3. The lowest BCUT2D eigenvalue weighted by Crippen LogP contribution is -2.30. The molecule has 27 heavy (non-hydrogen) atoms. The predicted octanol–water partition coefficient (Wildman–Crippen LogP) is 2.21. The molecule has 0 saturated heterocycles. The summed E-state index contributed by atoms with van der Waals surface area (Å²) < 4.78 is 28.4. The van der Waals surface area contributed by atoms with E-state index in [1.54, 1.807) is 55.3 Å². The summed E-state index contributed by atoms with van der Waals surface area (Å²) in [6, 6.07) is 10.7. The Kier molecular flexibility index (Phi) is 5.33. The average Bonchev–Trinajstić information content (AvgIpc) is 3.16. The zero-order valence-corrected chi connectivity index (χ0v) is 15.6. The van der Waals surface area contributed by atoms with Gasteiger partial charge in [-0.2, -0.15) is 5.10 Å². The lowest BCUT2D eigenvalue weighted by atomic mass is 10.2. The molecule has 0 bridgehead atoms. The Morgan fingerprint density at radius 1 is 1.07 bits per heavy atom. The van der Waals surface area contributed by atoms with Gasteiger partial charge in [-0.25, -0.2) is 22.8 Å². The predicted molar refractivity (Wildman–Crippen MR) is 101 cm³/mol. The molecule has 0 aliphatic heterocycles. The van der Waals surface area contributed by atoms with Crippen molar-refractivity contribution in [3.63, 3.8) is 0 Å². The second kappa shape index (κ2) is 7.68. The van der Waals surface area contributed by atoms with E-state index in [1.165, 1.54) is 24.3 Å². The third-order valence-electron chi connectivity index (χ3n) is 3.57. The van der Waals surface area contributed by atoms with Gasteiger partial charge in [0.2, 0.25) is 10.0 Å². The molecule has 0 saturated carbocycles. The number of anilines is 1. The van der Waals surface area contributed by atoms with Gasteiger partial charge in [-0.15, -0.1) is 0 Å². The van der Waals surface area contributed by atoms with Crippen molar-refractivity contribution < 1.29 is 13.2 Å². The number of carbonyl (C=O) groups excluding carboxylic acids is 1. The van der Waals surface area contributed by atoms with E-state index in [-0.39, 0.29) is 16.8 Å². The van der Waals surface area contributed by atoms with Crippen molar-refractivity contribution in [2.24, 2.45) is 0 Å². The monoisotopic (exact) mass is 385 g/mol. The van der Waals surface area contributed by atoms with Crippen molar-refractivity contribution in [2.45, 2.75) is 24.8 Å². The van der Waals surface area contributed by atoms with Crippen LogP contribution < -0.4 is 10.0 Å². The van der Waals surface area contributed by atoms with Crippen molar-refractivity contribution >= 4 is 21.6 Å². The highest BCUT2D eigenvalue weighted by atomic mass is 32.2. The molecule has 2 N–H and O–H groups in total. The van der Waals surface area contributed by atoms with Crippen LogP contribution in [0.15, 0.2) is 66.0 Å². The number of hydrogen-bond acceptors (Lipinski definition) is 5. The van der Waals surface area contributed by atoms with E-state index >= 15 is 0 Å². The minimum absolute atomic E-state index is 0.103. The second-order valence-electron chi connectivity index (χ2n) is 6.08. The SMILES string of the molecule is CC(C)NS(=O)(=O)c1ccc(C(=O)Nc2cccnc2-n2cccn2)cc1. The van der Waals surface area contributed by atoms with E-state index in [4.69, 9.17) is 0 Å². The van der Waals surface area contributed by atoms with Crippen LogP contribution in [0.4, 0.5) is 5.69 Å². The first kappa shape index (κ1) is 18.7. The normalized spacial score (nSPS) is 11.5. The van der Waals surface area contributed by atoms with E-state index in [0.717, 1.165) is 0 Å². The minimum Gasteiger partial charge on any atom is -0.319 e. The Bertz CT molecular complexity index is 1030. The van der Waals surface area contributed by atoms with E-state index in [1.807, 2.05) is 0 Å². The summed E-state index contributed by atoms with van der Waals surface area (Å²) in [5, 5.41) is 6.90. The standard InChI is InChI=1S/C18H19N5O3S/c1-13(2)22-27(25,26)15-8-6-14(7-9-15)18(24)21-16-5-3-10-19-17(16)23-12-4-11-20-23/h3-13,22H,1-2H3,(H,21,24). The quantitative estimate of drug-likeness (QED) is 0.677. The molecule has 3 aromatic rings. The topological polar surface area (TPSA) is 106 Å². The van der Waals surface area contributed by atoms with Crippen molar-refractivity contribution in [1.82, 2.24) is 19.5 Å². The fourth-order valence-electron chi connectivity index (χ4n) is 2.43. The van der Waals surface area contributed by atoms with Crippen molar-refractivity contribution in [1.29, 1.82) is 0 Å². The van der Waals surface area contributed by atoms with Crippen LogP contribution in [0, 0.1) is 0 Å². The highest BCUT2D eigenvalue weighted by molar-refractivity contribution is 7.89. The first-order valence-electron chi connectivity index (χ1n) is 8.25. The summed E-state index contributed by atoms with van der Waals surface area (Å²) in [5.41, 5.74) is 0.818. The summed E-state index contributed by atoms with van der Waals surface area (Å²) in [5.74, 6) is 0.105. The zero-order chi connectivity index (χ0) is 19.4. The third-order valence-corrected chi connectivity index (χ3v) is 5.25. The molecule has 0 aliphatic carbocycles. The minimum atomic E-state index is -3.60. The van der Waals surface area contributed by atoms with Gasteiger partial charge in [-0.05, 0) is 56.3 Å². The third kappa shape index (κ3) is 4.39. The van der Waals surface area contributed by atoms with Gasteiger partial charge in [0.1, 0.15) is 0 Å². The molecule has 140 valence electrons. The lowest BCUT2D eigenvalue weighted by Gasteiger charge is -2.11. The number of benzene rings is 1. The molecule has 1 amide bonds. The van der Waals surface area contributed by atoms with Crippen molar-refractivity contribution in [3.05, 3.63) is 66.6 Å². The van der Waals surface area contributed by atoms with Crippen molar-refractivity contribution in [2.75, 3.05) is 5.32 Å². The van der Waals surface area contributed by atoms with E-state index in [9.17, 15) is 13.2 Å². The van der Waals surface area contributed by atoms with Gasteiger partial charge >= 0.3 is 0 Å². The van der Waals surface area contributed by atoms with E-state index in [2.05, 4.69) is 20.1 Å². The maximum Gasteiger partial charge on any atom is 0.255 e. The highest BCUT2D eigenvalue weighted by Gasteiger charge is 2.17. The van der Waals surface area contributed by atoms with Crippen LogP contribution in [0.5, 0.6) is 0 Å². The number of nitrogens with zero attached hydrogens (tertiary/aromatic N) is 3. The molecule has 1 aromatic carbocycles. The highest BCUT2D eigenvalue weighted by Crippen LogP contribution is 2.18. The fourth-order valence-corrected chi connectivity index (χ4v) is 3.68. The second-order valence-corrected chi connectivity index (χ2v) is 7.79. The number of carbonyl (C=O) groups is 1. The molecule has 0 unspecified atom stereocenters. The Labute approximate surface area is 157 Å². The number of pyridine rings is 1. The Morgan fingerprint density at radius 2 is 1.81 bits per heavy atom. The largest absolute Gasteiger partial charge is 0.319 e. The number of rotatable bonds is 6. The number of nitrogens with one attached hydrogen (secondary N) is 2. The molecule has 8 nitrogen and oxygen atoms in total. The summed E-state index contributed by atoms with van der Waals surface area (Å²) in [6.45, 7) is 3.48. The number of amides is 1. The van der Waals surface area contributed by atoms with Crippen LogP contribution in [0.2, 0.25) is 0 Å². The van der Waals surface area contributed by atoms with E-state index < -0.39 is 10.0 Å². The van der Waals surface area contributed by atoms with Crippen LogP contribution in [0.3, 0.4) is 0 Å². The van der Waals surface area contributed by atoms with Gasteiger partial charge in [-0.1, -0.05) is 0 Å². The molecule has 2 heterocycles. The van der Waals surface area contributed by atoms with Gasteiger partial charge in [0, 0.05) is 30.2 Å². The molecule has 9 heteroatoms. The van der Waals surface area contributed by atoms with Crippen LogP contribution in [0.25, 0.3) is 5.82 Å². The first-order valence-corrected chi connectivity index (χ1v) is 9.74. The molecule has 0 spiro atoms. The number of sulfonamides is 1. The summed E-state index contributed by atoms with van der Waals surface area (Å²) in [6.07, 6.45) is 4.94. The maximum absolute atomic E-state index is 12.5. The summed E-state index contributed by atoms with van der Waals surface area (Å²) >= 11 is 0. The van der Waals surface area contributed by atoms with Crippen LogP contribution in [-0.4, -0.2) is 35.1 Å². The van der Waals surface area contributed by atoms with Gasteiger partial charge in [0.05, 0.1) is 10.6 Å². The molecule has 0 fully saturated rings. The average molecular weight is 385 g/mol. The van der Waals surface area contributed by atoms with Gasteiger partial charge in [-0.3, -0.25) is 4.79 Å². The maximum atomic E-state index is 12.5. The number of hydrogen-bond donors (Lipinski definition) is 2. The molecule has 0 aliphatic rings. The van der Waals surface area contributed by atoms with Gasteiger partial charge in [0.15, 0.2) is 5.82 Å². The molecule has 0 atom stereocenters. The fraction of sp³-hybridized carbons (Fsp3) is 0.167. The van der Waals surface area contributed by atoms with Crippen molar-refractivity contribution in [3.8, 4) is 5.82 Å². The molecule has 0 radical (unpaired) electrons. The van der Waals surface area contributed by atoms with Crippen LogP contribution >= 0.6 is 0 Å². The zero-order valence-electron chi connectivity index (χ0n) is 14.8. The van der Waals surface area contributed by atoms with Crippen LogP contribution in [0.1, 0.15) is 24.2 Å². The van der Waals surface area contributed by atoms with Gasteiger partial charge < -0.3 is 5.32 Å². The molecular formula is C18H19N5O3S.